The number of hydrogen-bond acceptors (Lipinski definition) is 5. The van der Waals surface area contributed by atoms with E-state index in [1.54, 1.807) is 11.0 Å². The molecule has 2 aliphatic rings. The number of alkyl halides is 3. The monoisotopic (exact) mass is 452 g/mol. The molecule has 0 aromatic heterocycles. The van der Waals surface area contributed by atoms with E-state index >= 15 is 0 Å². The van der Waals surface area contributed by atoms with Crippen molar-refractivity contribution in [2.24, 2.45) is 0 Å². The lowest BCUT2D eigenvalue weighted by Crippen LogP contribution is -2.37. The quantitative estimate of drug-likeness (QED) is 0.733. The highest BCUT2D eigenvalue weighted by Crippen LogP contribution is 2.41. The van der Waals surface area contributed by atoms with E-state index in [1.807, 2.05) is 19.1 Å². The van der Waals surface area contributed by atoms with Crippen LogP contribution in [0.15, 0.2) is 41.3 Å². The summed E-state index contributed by atoms with van der Waals surface area (Å²) in [7, 11) is 0. The fraction of sp³-hybridized carbons (Fsp3) is 0.333. The number of amides is 2. The molecule has 0 saturated heterocycles. The van der Waals surface area contributed by atoms with Gasteiger partial charge in [0, 0.05) is 24.4 Å². The Bertz CT molecular complexity index is 1030. The summed E-state index contributed by atoms with van der Waals surface area (Å²) in [5.74, 6) is 0.575. The lowest BCUT2D eigenvalue weighted by Gasteiger charge is -2.27. The van der Waals surface area contributed by atoms with Crippen molar-refractivity contribution in [3.05, 3.63) is 47.5 Å². The zero-order chi connectivity index (χ0) is 22.2. The number of ether oxygens (including phenoxy) is 2. The average molecular weight is 452 g/mol. The fourth-order valence-corrected chi connectivity index (χ4v) is 4.47. The van der Waals surface area contributed by atoms with Gasteiger partial charge in [0.05, 0.1) is 16.5 Å². The molecule has 1 N–H and O–H groups in total. The second-order valence-corrected chi connectivity index (χ2v) is 8.35. The standard InChI is InChI=1S/C21H19F3N2O4S/c1-2-26(10-12-3-5-15-16(7-12)30-11-29-15)19(27)9-18-20(28)25-14-8-13(21(22,23)24)4-6-17(14)31-18/h3-8,18H,2,9-11H2,1H3,(H,25,28)/t18-/m0/s1. The van der Waals surface area contributed by atoms with E-state index in [0.29, 0.717) is 29.5 Å². The number of rotatable bonds is 5. The SMILES string of the molecule is CCN(Cc1ccc2c(c1)OCO2)C(=O)C[C@@H]1Sc2ccc(C(F)(F)F)cc2NC1=O. The number of halogens is 3. The first-order valence-electron chi connectivity index (χ1n) is 9.59. The van der Waals surface area contributed by atoms with Crippen molar-refractivity contribution in [1.29, 1.82) is 0 Å². The van der Waals surface area contributed by atoms with Crippen LogP contribution in [0.4, 0.5) is 18.9 Å². The van der Waals surface area contributed by atoms with Gasteiger partial charge in [-0.2, -0.15) is 13.2 Å². The molecule has 164 valence electrons. The molecule has 4 rings (SSSR count). The van der Waals surface area contributed by atoms with Gasteiger partial charge in [-0.3, -0.25) is 9.59 Å². The minimum atomic E-state index is -4.49. The molecule has 0 unspecified atom stereocenters. The fourth-order valence-electron chi connectivity index (χ4n) is 3.38. The van der Waals surface area contributed by atoms with Crippen LogP contribution < -0.4 is 14.8 Å². The average Bonchev–Trinajstić information content (AvgIpc) is 3.19. The lowest BCUT2D eigenvalue weighted by atomic mass is 10.1. The number of anilines is 1. The van der Waals surface area contributed by atoms with Gasteiger partial charge in [0.1, 0.15) is 0 Å². The van der Waals surface area contributed by atoms with Gasteiger partial charge in [-0.05, 0) is 42.8 Å². The summed E-state index contributed by atoms with van der Waals surface area (Å²) in [5, 5.41) is 1.78. The van der Waals surface area contributed by atoms with Crippen molar-refractivity contribution in [2.75, 3.05) is 18.7 Å². The predicted octanol–water partition coefficient (Wildman–Crippen LogP) is 4.29. The number of thioether (sulfide) groups is 1. The second kappa shape index (κ2) is 8.33. The number of hydrogen-bond donors (Lipinski definition) is 1. The van der Waals surface area contributed by atoms with Crippen LogP contribution in [0.5, 0.6) is 11.5 Å². The van der Waals surface area contributed by atoms with Gasteiger partial charge in [-0.25, -0.2) is 0 Å². The Kier molecular flexibility index (Phi) is 5.74. The molecule has 0 aliphatic carbocycles. The van der Waals surface area contributed by atoms with Gasteiger partial charge in [-0.1, -0.05) is 6.07 Å². The molecule has 1 atom stereocenters. The summed E-state index contributed by atoms with van der Waals surface area (Å²) >= 11 is 1.10. The van der Waals surface area contributed by atoms with Gasteiger partial charge in [0.25, 0.3) is 0 Å². The van der Waals surface area contributed by atoms with E-state index in [9.17, 15) is 22.8 Å². The highest BCUT2D eigenvalue weighted by molar-refractivity contribution is 8.01. The van der Waals surface area contributed by atoms with Gasteiger partial charge < -0.3 is 19.7 Å². The smallest absolute Gasteiger partial charge is 0.416 e. The van der Waals surface area contributed by atoms with Crippen LogP contribution in [0.3, 0.4) is 0 Å². The Labute approximate surface area is 180 Å². The van der Waals surface area contributed by atoms with E-state index < -0.39 is 22.9 Å². The largest absolute Gasteiger partial charge is 0.454 e. The minimum absolute atomic E-state index is 0.0602. The van der Waals surface area contributed by atoms with Crippen molar-refractivity contribution in [3.63, 3.8) is 0 Å². The molecular weight excluding hydrogens is 433 g/mol. The number of benzene rings is 2. The molecule has 0 spiro atoms. The Hall–Kier alpha value is -2.88. The molecule has 2 aromatic rings. The molecule has 2 aliphatic heterocycles. The van der Waals surface area contributed by atoms with Crippen molar-refractivity contribution >= 4 is 29.3 Å². The third kappa shape index (κ3) is 4.58. The van der Waals surface area contributed by atoms with Crippen LogP contribution in [0.25, 0.3) is 0 Å². The van der Waals surface area contributed by atoms with E-state index in [2.05, 4.69) is 5.32 Å². The van der Waals surface area contributed by atoms with E-state index in [1.165, 1.54) is 6.07 Å². The van der Waals surface area contributed by atoms with Crippen LogP contribution in [-0.2, 0) is 22.3 Å². The zero-order valence-electron chi connectivity index (χ0n) is 16.5. The molecule has 31 heavy (non-hydrogen) atoms. The van der Waals surface area contributed by atoms with Crippen LogP contribution in [-0.4, -0.2) is 35.3 Å². The van der Waals surface area contributed by atoms with Gasteiger partial charge in [0.2, 0.25) is 18.6 Å². The number of nitrogens with one attached hydrogen (secondary N) is 1. The zero-order valence-corrected chi connectivity index (χ0v) is 17.3. The topological polar surface area (TPSA) is 67.9 Å². The molecule has 0 bridgehead atoms. The highest BCUT2D eigenvalue weighted by Gasteiger charge is 2.34. The Morgan fingerprint density at radius 1 is 1.19 bits per heavy atom. The summed E-state index contributed by atoms with van der Waals surface area (Å²) < 4.78 is 49.3. The molecule has 10 heteroatoms. The molecule has 2 amide bonds. The molecule has 0 saturated carbocycles. The third-order valence-electron chi connectivity index (χ3n) is 5.03. The number of fused-ring (bicyclic) bond motifs is 2. The normalized spacial score (nSPS) is 17.2. The molecule has 2 aromatic carbocycles. The molecule has 6 nitrogen and oxygen atoms in total. The summed E-state index contributed by atoms with van der Waals surface area (Å²) in [6.07, 6.45) is -4.55. The van der Waals surface area contributed by atoms with Crippen LogP contribution in [0.2, 0.25) is 0 Å². The maximum absolute atomic E-state index is 12.9. The van der Waals surface area contributed by atoms with E-state index in [-0.39, 0.29) is 24.8 Å². The minimum Gasteiger partial charge on any atom is -0.454 e. The first-order chi connectivity index (χ1) is 14.7. The summed E-state index contributed by atoms with van der Waals surface area (Å²) in [6.45, 7) is 2.79. The number of nitrogens with zero attached hydrogens (tertiary/aromatic N) is 1. The molecular formula is C21H19F3N2O4S. The first kappa shape index (κ1) is 21.4. The highest BCUT2D eigenvalue weighted by atomic mass is 32.2. The lowest BCUT2D eigenvalue weighted by molar-refractivity contribution is -0.137. The second-order valence-electron chi connectivity index (χ2n) is 7.10. The Morgan fingerprint density at radius 2 is 1.97 bits per heavy atom. The Morgan fingerprint density at radius 3 is 2.71 bits per heavy atom. The summed E-state index contributed by atoms with van der Waals surface area (Å²) in [5.41, 5.74) is 0.147. The van der Waals surface area contributed by atoms with Crippen LogP contribution >= 0.6 is 11.8 Å². The number of carbonyl (C=O) groups is 2. The number of carbonyl (C=O) groups excluding carboxylic acids is 2. The van der Waals surface area contributed by atoms with Crippen molar-refractivity contribution in [1.82, 2.24) is 4.90 Å². The van der Waals surface area contributed by atoms with Gasteiger partial charge >= 0.3 is 6.18 Å². The molecule has 2 heterocycles. The van der Waals surface area contributed by atoms with E-state index in [4.69, 9.17) is 9.47 Å². The first-order valence-corrected chi connectivity index (χ1v) is 10.5. The van der Waals surface area contributed by atoms with E-state index in [0.717, 1.165) is 29.5 Å². The van der Waals surface area contributed by atoms with Gasteiger partial charge in [0.15, 0.2) is 11.5 Å². The summed E-state index contributed by atoms with van der Waals surface area (Å²) in [4.78, 5) is 27.4. The Balaban J connectivity index is 1.43. The third-order valence-corrected chi connectivity index (χ3v) is 6.31. The van der Waals surface area contributed by atoms with Crippen molar-refractivity contribution in [2.45, 2.75) is 36.2 Å². The summed E-state index contributed by atoms with van der Waals surface area (Å²) in [6, 6.07) is 8.65. The van der Waals surface area contributed by atoms with Crippen LogP contribution in [0.1, 0.15) is 24.5 Å². The maximum atomic E-state index is 12.9. The molecule has 0 radical (unpaired) electrons. The molecule has 0 fully saturated rings. The van der Waals surface area contributed by atoms with Crippen molar-refractivity contribution in [3.8, 4) is 11.5 Å². The van der Waals surface area contributed by atoms with Gasteiger partial charge in [-0.15, -0.1) is 11.8 Å². The van der Waals surface area contributed by atoms with Crippen molar-refractivity contribution < 1.29 is 32.2 Å². The maximum Gasteiger partial charge on any atom is 0.416 e. The predicted molar refractivity (Wildman–Crippen MR) is 108 cm³/mol. The van der Waals surface area contributed by atoms with Crippen LogP contribution in [0, 0.1) is 0 Å².